The first-order valence-electron chi connectivity index (χ1n) is 5.25. The van der Waals surface area contributed by atoms with Crippen molar-refractivity contribution in [2.24, 2.45) is 5.73 Å². The Labute approximate surface area is 103 Å². The second kappa shape index (κ2) is 5.35. The molecule has 0 radical (unpaired) electrons. The van der Waals surface area contributed by atoms with Gasteiger partial charge in [-0.1, -0.05) is 0 Å². The van der Waals surface area contributed by atoms with Gasteiger partial charge in [0.25, 0.3) is 5.91 Å². The number of aromatic carboxylic acids is 1. The lowest BCUT2D eigenvalue weighted by molar-refractivity contribution is -0.119. The van der Waals surface area contributed by atoms with Gasteiger partial charge in [0, 0.05) is 6.04 Å². The van der Waals surface area contributed by atoms with Crippen LogP contribution in [0.15, 0.2) is 16.5 Å². The molecule has 1 rings (SSSR count). The summed E-state index contributed by atoms with van der Waals surface area (Å²) in [6, 6.07) is 2.17. The number of carbonyl (C=O) groups excluding carboxylic acids is 2. The maximum absolute atomic E-state index is 12.0. The predicted octanol–water partition coefficient (Wildman–Crippen LogP) is 0.314. The van der Waals surface area contributed by atoms with Crippen LogP contribution >= 0.6 is 0 Å². The summed E-state index contributed by atoms with van der Waals surface area (Å²) < 4.78 is 4.88. The second-order valence-corrected chi connectivity index (χ2v) is 3.96. The van der Waals surface area contributed by atoms with Crippen molar-refractivity contribution in [2.45, 2.75) is 19.9 Å². The first-order valence-corrected chi connectivity index (χ1v) is 5.25. The van der Waals surface area contributed by atoms with Gasteiger partial charge in [-0.05, 0) is 26.0 Å². The SMILES string of the molecule is CC(C)N(CC(N)=O)C(=O)c1ccc(C(=O)O)o1. The minimum atomic E-state index is -1.26. The van der Waals surface area contributed by atoms with Crippen molar-refractivity contribution >= 4 is 17.8 Å². The number of carboxylic acids is 1. The predicted molar refractivity (Wildman–Crippen MR) is 61.0 cm³/mol. The fourth-order valence-electron chi connectivity index (χ4n) is 1.37. The highest BCUT2D eigenvalue weighted by atomic mass is 16.4. The molecule has 0 saturated heterocycles. The summed E-state index contributed by atoms with van der Waals surface area (Å²) in [4.78, 5) is 34.7. The molecule has 1 heterocycles. The average molecular weight is 254 g/mol. The molecule has 0 spiro atoms. The highest BCUT2D eigenvalue weighted by molar-refractivity contribution is 5.95. The van der Waals surface area contributed by atoms with E-state index in [1.807, 2.05) is 0 Å². The third-order valence-corrected chi connectivity index (χ3v) is 2.24. The summed E-state index contributed by atoms with van der Waals surface area (Å²) in [6.07, 6.45) is 0. The lowest BCUT2D eigenvalue weighted by Crippen LogP contribution is -2.42. The average Bonchev–Trinajstić information content (AvgIpc) is 2.73. The molecule has 3 N–H and O–H groups in total. The Kier molecular flexibility index (Phi) is 4.09. The minimum absolute atomic E-state index is 0.137. The normalized spacial score (nSPS) is 10.4. The number of nitrogens with two attached hydrogens (primary N) is 1. The number of carboxylic acid groups (broad SMARTS) is 1. The maximum atomic E-state index is 12.0. The van der Waals surface area contributed by atoms with Crippen LogP contribution in [0, 0.1) is 0 Å². The molecule has 0 aliphatic heterocycles. The Bertz CT molecular complexity index is 478. The zero-order chi connectivity index (χ0) is 13.9. The summed E-state index contributed by atoms with van der Waals surface area (Å²) in [7, 11) is 0. The number of hydrogen-bond acceptors (Lipinski definition) is 4. The van der Waals surface area contributed by atoms with Crippen molar-refractivity contribution in [2.75, 3.05) is 6.54 Å². The lowest BCUT2D eigenvalue weighted by atomic mass is 10.2. The minimum Gasteiger partial charge on any atom is -0.475 e. The molecule has 98 valence electrons. The molecule has 7 heteroatoms. The van der Waals surface area contributed by atoms with Gasteiger partial charge in [0.2, 0.25) is 11.7 Å². The van der Waals surface area contributed by atoms with E-state index in [9.17, 15) is 14.4 Å². The van der Waals surface area contributed by atoms with Crippen LogP contribution in [0.25, 0.3) is 0 Å². The number of nitrogens with zero attached hydrogens (tertiary/aromatic N) is 1. The molecule has 0 unspecified atom stereocenters. The molecule has 0 atom stereocenters. The van der Waals surface area contributed by atoms with Crippen molar-refractivity contribution < 1.29 is 23.9 Å². The zero-order valence-corrected chi connectivity index (χ0v) is 10.0. The third kappa shape index (κ3) is 3.09. The summed E-state index contributed by atoms with van der Waals surface area (Å²) in [5, 5.41) is 8.68. The van der Waals surface area contributed by atoms with E-state index in [0.717, 1.165) is 0 Å². The van der Waals surface area contributed by atoms with Crippen LogP contribution in [0.5, 0.6) is 0 Å². The number of carbonyl (C=O) groups is 3. The first-order chi connectivity index (χ1) is 8.32. The highest BCUT2D eigenvalue weighted by Gasteiger charge is 2.24. The molecule has 1 aromatic heterocycles. The monoisotopic (exact) mass is 254 g/mol. The van der Waals surface area contributed by atoms with Crippen molar-refractivity contribution in [3.05, 3.63) is 23.7 Å². The van der Waals surface area contributed by atoms with E-state index in [-0.39, 0.29) is 24.1 Å². The van der Waals surface area contributed by atoms with Crippen LogP contribution in [0.3, 0.4) is 0 Å². The van der Waals surface area contributed by atoms with Gasteiger partial charge >= 0.3 is 5.97 Å². The molecular formula is C11H14N2O5. The molecule has 0 aliphatic rings. The fraction of sp³-hybridized carbons (Fsp3) is 0.364. The molecule has 0 bridgehead atoms. The molecule has 0 fully saturated rings. The van der Waals surface area contributed by atoms with Gasteiger partial charge in [0.15, 0.2) is 5.76 Å². The Hall–Kier alpha value is -2.31. The molecule has 0 saturated carbocycles. The van der Waals surface area contributed by atoms with E-state index in [1.54, 1.807) is 13.8 Å². The number of furan rings is 1. The number of primary amides is 1. The van der Waals surface area contributed by atoms with E-state index in [1.165, 1.54) is 17.0 Å². The van der Waals surface area contributed by atoms with Crippen LogP contribution in [-0.4, -0.2) is 40.4 Å². The lowest BCUT2D eigenvalue weighted by Gasteiger charge is -2.24. The highest BCUT2D eigenvalue weighted by Crippen LogP contribution is 2.12. The van der Waals surface area contributed by atoms with Gasteiger partial charge in [-0.25, -0.2) is 4.79 Å². The molecule has 2 amide bonds. The van der Waals surface area contributed by atoms with Crippen molar-refractivity contribution in [1.82, 2.24) is 4.90 Å². The second-order valence-electron chi connectivity index (χ2n) is 3.96. The van der Waals surface area contributed by atoms with E-state index >= 15 is 0 Å². The molecule has 0 aromatic carbocycles. The summed E-state index contributed by atoms with van der Waals surface area (Å²) in [5.74, 6) is -2.96. The Balaban J connectivity index is 2.94. The number of hydrogen-bond donors (Lipinski definition) is 2. The van der Waals surface area contributed by atoms with Gasteiger partial charge in [-0.3, -0.25) is 9.59 Å². The van der Waals surface area contributed by atoms with Crippen LogP contribution in [0.2, 0.25) is 0 Å². The van der Waals surface area contributed by atoms with Crippen molar-refractivity contribution in [3.63, 3.8) is 0 Å². The van der Waals surface area contributed by atoms with Gasteiger partial charge in [0.1, 0.15) is 0 Å². The quantitative estimate of drug-likeness (QED) is 0.785. The summed E-state index contributed by atoms with van der Waals surface area (Å²) in [6.45, 7) is 3.17. The van der Waals surface area contributed by atoms with Crippen LogP contribution in [0.4, 0.5) is 0 Å². The first kappa shape index (κ1) is 13.8. The summed E-state index contributed by atoms with van der Waals surface area (Å²) >= 11 is 0. The number of amides is 2. The van der Waals surface area contributed by atoms with E-state index in [0.29, 0.717) is 0 Å². The Morgan fingerprint density at radius 1 is 1.33 bits per heavy atom. The van der Waals surface area contributed by atoms with E-state index in [4.69, 9.17) is 15.3 Å². The van der Waals surface area contributed by atoms with Gasteiger partial charge in [-0.15, -0.1) is 0 Å². The van der Waals surface area contributed by atoms with E-state index < -0.39 is 17.8 Å². The number of rotatable bonds is 5. The van der Waals surface area contributed by atoms with Gasteiger partial charge in [-0.2, -0.15) is 0 Å². The van der Waals surface area contributed by atoms with E-state index in [2.05, 4.69) is 0 Å². The fourth-order valence-corrected chi connectivity index (χ4v) is 1.37. The molecule has 0 aliphatic carbocycles. The zero-order valence-electron chi connectivity index (χ0n) is 10.0. The van der Waals surface area contributed by atoms with Crippen LogP contribution in [-0.2, 0) is 4.79 Å². The Morgan fingerprint density at radius 2 is 1.89 bits per heavy atom. The topological polar surface area (TPSA) is 114 Å². The van der Waals surface area contributed by atoms with Crippen LogP contribution < -0.4 is 5.73 Å². The smallest absolute Gasteiger partial charge is 0.371 e. The Morgan fingerprint density at radius 3 is 2.28 bits per heavy atom. The van der Waals surface area contributed by atoms with Gasteiger partial charge in [0.05, 0.1) is 6.54 Å². The van der Waals surface area contributed by atoms with Crippen LogP contribution in [0.1, 0.15) is 35.0 Å². The van der Waals surface area contributed by atoms with Crippen molar-refractivity contribution in [1.29, 1.82) is 0 Å². The molecule has 7 nitrogen and oxygen atoms in total. The van der Waals surface area contributed by atoms with Crippen molar-refractivity contribution in [3.8, 4) is 0 Å². The standard InChI is InChI=1S/C11H14N2O5/c1-6(2)13(5-9(12)14)10(15)7-3-4-8(18-7)11(16)17/h3-4,6H,5H2,1-2H3,(H2,12,14)(H,16,17). The molecular weight excluding hydrogens is 240 g/mol. The molecule has 18 heavy (non-hydrogen) atoms. The third-order valence-electron chi connectivity index (χ3n) is 2.24. The largest absolute Gasteiger partial charge is 0.475 e. The van der Waals surface area contributed by atoms with Gasteiger partial charge < -0.3 is 20.2 Å². The molecule has 1 aromatic rings. The summed E-state index contributed by atoms with van der Waals surface area (Å²) in [5.41, 5.74) is 5.04. The maximum Gasteiger partial charge on any atom is 0.371 e.